The second kappa shape index (κ2) is 5.39. The van der Waals surface area contributed by atoms with Crippen LogP contribution in [-0.4, -0.2) is 15.8 Å². The highest BCUT2D eigenvalue weighted by Gasteiger charge is 2.15. The molecule has 2 rings (SSSR count). The van der Waals surface area contributed by atoms with E-state index in [1.165, 1.54) is 0 Å². The summed E-state index contributed by atoms with van der Waals surface area (Å²) in [6.45, 7) is 0. The van der Waals surface area contributed by atoms with Crippen molar-refractivity contribution in [3.05, 3.63) is 52.6 Å². The largest absolute Gasteiger partial charge is 0.337 e. The fourth-order valence-electron chi connectivity index (χ4n) is 1.82. The summed E-state index contributed by atoms with van der Waals surface area (Å²) in [6.07, 6.45) is 3.52. The molecule has 2 aromatic rings. The average Bonchev–Trinajstić information content (AvgIpc) is 2.74. The summed E-state index contributed by atoms with van der Waals surface area (Å²) in [4.78, 5) is 14.3. The lowest BCUT2D eigenvalue weighted by molar-refractivity contribution is -0.109. The van der Waals surface area contributed by atoms with Gasteiger partial charge in [-0.05, 0) is 17.8 Å². The minimum absolute atomic E-state index is 0.356. The Morgan fingerprint density at radius 3 is 2.71 bits per heavy atom. The molecule has 0 aliphatic rings. The second-order valence-corrected chi connectivity index (χ2v) is 4.45. The summed E-state index contributed by atoms with van der Waals surface area (Å²) in [5.41, 5.74) is 1.94. The number of hydrogen-bond acceptors (Lipinski definition) is 2. The highest BCUT2D eigenvalue weighted by Crippen LogP contribution is 2.20. The van der Waals surface area contributed by atoms with Gasteiger partial charge >= 0.3 is 0 Å². The van der Waals surface area contributed by atoms with Crippen LogP contribution in [0.5, 0.6) is 0 Å². The topological polar surface area (TPSA) is 37.8 Å². The van der Waals surface area contributed by atoms with Gasteiger partial charge in [-0.2, -0.15) is 0 Å². The van der Waals surface area contributed by atoms with Gasteiger partial charge in [0.05, 0.1) is 0 Å². The van der Waals surface area contributed by atoms with E-state index in [1.807, 2.05) is 41.1 Å². The van der Waals surface area contributed by atoms with Crippen LogP contribution >= 0.6 is 21.5 Å². The van der Waals surface area contributed by atoms with Gasteiger partial charge in [0.15, 0.2) is 4.77 Å². The summed E-state index contributed by atoms with van der Waals surface area (Å²) in [5, 5.41) is 0. The molecule has 5 heteroatoms. The van der Waals surface area contributed by atoms with Crippen LogP contribution in [0.3, 0.4) is 0 Å². The third kappa shape index (κ3) is 2.38. The maximum Gasteiger partial charge on any atom is 0.178 e. The van der Waals surface area contributed by atoms with Crippen LogP contribution in [0.4, 0.5) is 0 Å². The van der Waals surface area contributed by atoms with Crippen molar-refractivity contribution in [1.82, 2.24) is 9.55 Å². The number of aromatic nitrogens is 2. The Bertz CT molecular complexity index is 561. The number of carbonyl (C=O) groups is 1. The van der Waals surface area contributed by atoms with Crippen molar-refractivity contribution in [3.63, 3.8) is 0 Å². The quantitative estimate of drug-likeness (QED) is 0.524. The lowest BCUT2D eigenvalue weighted by atomic mass is 10.1. The van der Waals surface area contributed by atoms with Crippen molar-refractivity contribution in [1.29, 1.82) is 0 Å². The fraction of sp³-hybridized carbons (Fsp3) is 0.167. The molecule has 1 N–H and O–H groups in total. The number of carbonyl (C=O) groups excluding carboxylic acids is 1. The molecule has 0 bridgehead atoms. The number of H-pyrrole nitrogens is 1. The minimum atomic E-state index is -0.356. The van der Waals surface area contributed by atoms with Crippen LogP contribution in [0.15, 0.2) is 36.5 Å². The molecule has 0 spiro atoms. The van der Waals surface area contributed by atoms with Crippen LogP contribution in [0.2, 0.25) is 0 Å². The molecule has 0 aliphatic carbocycles. The summed E-state index contributed by atoms with van der Waals surface area (Å²) in [5.74, 6) is 0. The van der Waals surface area contributed by atoms with Crippen molar-refractivity contribution < 1.29 is 4.79 Å². The van der Waals surface area contributed by atoms with Gasteiger partial charge in [-0.3, -0.25) is 0 Å². The van der Waals surface area contributed by atoms with Crippen molar-refractivity contribution in [2.24, 2.45) is 0 Å². The maximum atomic E-state index is 11.3. The number of aldehydes is 1. The molecule has 0 amide bonds. The van der Waals surface area contributed by atoms with E-state index in [1.54, 1.807) is 0 Å². The van der Waals surface area contributed by atoms with Crippen LogP contribution < -0.4 is 0 Å². The predicted octanol–water partition coefficient (Wildman–Crippen LogP) is 2.71. The van der Waals surface area contributed by atoms with Gasteiger partial charge in [0, 0.05) is 18.1 Å². The predicted molar refractivity (Wildman–Crippen MR) is 73.7 cm³/mol. The first-order chi connectivity index (χ1) is 8.27. The lowest BCUT2D eigenvalue weighted by Crippen LogP contribution is -2.14. The third-order valence-corrected chi connectivity index (χ3v) is 3.38. The van der Waals surface area contributed by atoms with Crippen molar-refractivity contribution in [2.45, 2.75) is 12.2 Å². The highest BCUT2D eigenvalue weighted by atomic mass is 32.1. The zero-order valence-electron chi connectivity index (χ0n) is 9.17. The highest BCUT2D eigenvalue weighted by molar-refractivity contribution is 7.71. The first-order valence-electron chi connectivity index (χ1n) is 5.27. The average molecular weight is 264 g/mol. The molecule has 0 saturated heterocycles. The van der Waals surface area contributed by atoms with Crippen LogP contribution in [0, 0.1) is 4.77 Å². The van der Waals surface area contributed by atoms with E-state index >= 15 is 0 Å². The van der Waals surface area contributed by atoms with Crippen molar-refractivity contribution in [3.8, 4) is 0 Å². The van der Waals surface area contributed by atoms with Crippen LogP contribution in [0.1, 0.15) is 17.3 Å². The summed E-state index contributed by atoms with van der Waals surface area (Å²) >= 11 is 5.22. The number of imidazole rings is 1. The zero-order valence-corrected chi connectivity index (χ0v) is 11.1. The molecule has 2 atom stereocenters. The molecule has 3 nitrogen and oxygen atoms in total. The standard InChI is InChI=1S/C12H13N2OPS/c15-7-11(9-4-2-1-3-5-9)14-10(8-16)6-13-12(14)17/h1-7,11H,8,16H2,(H,13,17). The summed E-state index contributed by atoms with van der Waals surface area (Å²) in [6, 6.07) is 9.27. The van der Waals surface area contributed by atoms with Gasteiger partial charge in [-0.1, -0.05) is 30.3 Å². The van der Waals surface area contributed by atoms with E-state index < -0.39 is 0 Å². The van der Waals surface area contributed by atoms with Gasteiger partial charge in [0.1, 0.15) is 12.3 Å². The van der Waals surface area contributed by atoms with Gasteiger partial charge in [-0.15, -0.1) is 9.24 Å². The van der Waals surface area contributed by atoms with Gasteiger partial charge in [0.25, 0.3) is 0 Å². The molecule has 88 valence electrons. The minimum Gasteiger partial charge on any atom is -0.337 e. The Balaban J connectivity index is 2.53. The zero-order chi connectivity index (χ0) is 12.3. The monoisotopic (exact) mass is 264 g/mol. The molecular weight excluding hydrogens is 251 g/mol. The van der Waals surface area contributed by atoms with Gasteiger partial charge in [0.2, 0.25) is 0 Å². The molecule has 1 aromatic heterocycles. The number of rotatable bonds is 4. The van der Waals surface area contributed by atoms with Crippen LogP contribution in [0.25, 0.3) is 0 Å². The Morgan fingerprint density at radius 2 is 2.12 bits per heavy atom. The smallest absolute Gasteiger partial charge is 0.178 e. The molecular formula is C12H13N2OPS. The Morgan fingerprint density at radius 1 is 1.41 bits per heavy atom. The maximum absolute atomic E-state index is 11.3. The van der Waals surface area contributed by atoms with E-state index in [0.29, 0.717) is 4.77 Å². The van der Waals surface area contributed by atoms with E-state index in [-0.39, 0.29) is 6.04 Å². The van der Waals surface area contributed by atoms with Crippen molar-refractivity contribution in [2.75, 3.05) is 0 Å². The molecule has 17 heavy (non-hydrogen) atoms. The number of aromatic amines is 1. The summed E-state index contributed by atoms with van der Waals surface area (Å²) < 4.78 is 2.42. The Hall–Kier alpha value is -1.25. The van der Waals surface area contributed by atoms with Gasteiger partial charge < -0.3 is 14.3 Å². The van der Waals surface area contributed by atoms with Gasteiger partial charge in [-0.25, -0.2) is 0 Å². The van der Waals surface area contributed by atoms with Crippen LogP contribution in [-0.2, 0) is 11.0 Å². The Kier molecular flexibility index (Phi) is 3.87. The lowest BCUT2D eigenvalue weighted by Gasteiger charge is -2.15. The van der Waals surface area contributed by atoms with E-state index in [4.69, 9.17) is 12.2 Å². The Labute approximate surface area is 107 Å². The second-order valence-electron chi connectivity index (χ2n) is 3.65. The van der Waals surface area contributed by atoms with Crippen molar-refractivity contribution >= 4 is 27.7 Å². The molecule has 0 radical (unpaired) electrons. The SMILES string of the molecule is O=CC(c1ccccc1)n1c(CP)c[nH]c1=S. The molecule has 0 saturated carbocycles. The molecule has 1 heterocycles. The fourth-order valence-corrected chi connectivity index (χ4v) is 2.42. The molecule has 2 unspecified atom stereocenters. The number of nitrogens with zero attached hydrogens (tertiary/aromatic N) is 1. The summed E-state index contributed by atoms with van der Waals surface area (Å²) in [7, 11) is 2.64. The molecule has 0 aliphatic heterocycles. The number of nitrogens with one attached hydrogen (secondary N) is 1. The van der Waals surface area contributed by atoms with E-state index in [2.05, 4.69) is 14.2 Å². The van der Waals surface area contributed by atoms with E-state index in [0.717, 1.165) is 23.7 Å². The first-order valence-corrected chi connectivity index (χ1v) is 6.49. The number of hydrogen-bond donors (Lipinski definition) is 1. The molecule has 1 aromatic carbocycles. The number of benzene rings is 1. The normalized spacial score (nSPS) is 12.3. The van der Waals surface area contributed by atoms with E-state index in [9.17, 15) is 4.79 Å². The first kappa shape index (κ1) is 12.2. The molecule has 0 fully saturated rings. The third-order valence-electron chi connectivity index (χ3n) is 2.65.